The van der Waals surface area contributed by atoms with Gasteiger partial charge < -0.3 is 4.74 Å². The number of rotatable bonds is 1. The summed E-state index contributed by atoms with van der Waals surface area (Å²) in [6, 6.07) is 7.67. The smallest absolute Gasteiger partial charge is 0.228 e. The van der Waals surface area contributed by atoms with E-state index in [9.17, 15) is 4.79 Å². The molecule has 0 aliphatic rings. The van der Waals surface area contributed by atoms with Crippen LogP contribution in [0.4, 0.5) is 0 Å². The van der Waals surface area contributed by atoms with Crippen molar-refractivity contribution in [2.24, 2.45) is 0 Å². The molecule has 3 nitrogen and oxygen atoms in total. The number of carbonyl (C=O) groups is 1. The monoisotopic (exact) mass is 203 g/mol. The van der Waals surface area contributed by atoms with E-state index < -0.39 is 0 Å². The Labute approximate surface area is 88.3 Å². The number of methoxy groups -OCH3 is 1. The second-order valence-electron chi connectivity index (χ2n) is 3.53. The van der Waals surface area contributed by atoms with E-state index in [1.807, 2.05) is 31.2 Å². The first kappa shape index (κ1) is 9.77. The van der Waals surface area contributed by atoms with Crippen LogP contribution in [0.5, 0.6) is 5.75 Å². The highest BCUT2D eigenvalue weighted by Gasteiger charge is 2.11. The van der Waals surface area contributed by atoms with Crippen LogP contribution in [0.2, 0.25) is 0 Å². The molecule has 0 N–H and O–H groups in total. The highest BCUT2D eigenvalue weighted by Crippen LogP contribution is 2.28. The van der Waals surface area contributed by atoms with E-state index in [0.717, 1.165) is 22.3 Å². The summed E-state index contributed by atoms with van der Waals surface area (Å²) < 4.78 is 6.94. The number of hydrogen-bond acceptors (Lipinski definition) is 2. The normalized spacial score (nSPS) is 10.6. The predicted molar refractivity (Wildman–Crippen MR) is 59.5 cm³/mol. The molecule has 2 rings (SSSR count). The minimum absolute atomic E-state index is 0.0238. The second-order valence-corrected chi connectivity index (χ2v) is 3.53. The highest BCUT2D eigenvalue weighted by molar-refractivity contribution is 5.95. The van der Waals surface area contributed by atoms with Gasteiger partial charge >= 0.3 is 0 Å². The molecule has 78 valence electrons. The average Bonchev–Trinajstić information content (AvgIpc) is 2.53. The zero-order valence-electron chi connectivity index (χ0n) is 9.07. The van der Waals surface area contributed by atoms with Gasteiger partial charge in [-0.1, -0.05) is 6.07 Å². The summed E-state index contributed by atoms with van der Waals surface area (Å²) in [7, 11) is 1.63. The molecule has 0 spiro atoms. The molecule has 1 aromatic heterocycles. The summed E-state index contributed by atoms with van der Waals surface area (Å²) in [5.41, 5.74) is 1.83. The molecule has 1 aromatic carbocycles. The molecule has 2 aromatic rings. The first-order valence-corrected chi connectivity index (χ1v) is 4.81. The molecule has 0 bridgehead atoms. The molecule has 0 radical (unpaired) electrons. The first-order valence-electron chi connectivity index (χ1n) is 4.81. The molecule has 0 aliphatic heterocycles. The Balaban J connectivity index is 2.84. The highest BCUT2D eigenvalue weighted by atomic mass is 16.5. The van der Waals surface area contributed by atoms with Crippen LogP contribution in [0.3, 0.4) is 0 Å². The van der Waals surface area contributed by atoms with E-state index >= 15 is 0 Å². The standard InChI is InChI=1S/C12H13NO2/c1-8-7-10-11(13(8)9(2)14)5-4-6-12(10)15-3/h4-7H,1-3H3. The van der Waals surface area contributed by atoms with Crippen LogP contribution >= 0.6 is 0 Å². The Morgan fingerprint density at radius 2 is 2.13 bits per heavy atom. The second kappa shape index (κ2) is 3.42. The maximum atomic E-state index is 11.5. The third-order valence-electron chi connectivity index (χ3n) is 2.52. The van der Waals surface area contributed by atoms with Gasteiger partial charge in [0.1, 0.15) is 5.75 Å². The Kier molecular flexibility index (Phi) is 2.23. The van der Waals surface area contributed by atoms with Crippen molar-refractivity contribution in [2.45, 2.75) is 13.8 Å². The summed E-state index contributed by atoms with van der Waals surface area (Å²) in [6.45, 7) is 3.48. The minimum atomic E-state index is 0.0238. The molecule has 0 saturated heterocycles. The van der Waals surface area contributed by atoms with Crippen molar-refractivity contribution in [2.75, 3.05) is 7.11 Å². The van der Waals surface area contributed by atoms with Gasteiger partial charge in [0.25, 0.3) is 0 Å². The summed E-state index contributed by atoms with van der Waals surface area (Å²) in [6.07, 6.45) is 0. The fourth-order valence-electron chi connectivity index (χ4n) is 1.93. The maximum absolute atomic E-state index is 11.5. The van der Waals surface area contributed by atoms with Crippen molar-refractivity contribution in [3.8, 4) is 5.75 Å². The van der Waals surface area contributed by atoms with Crippen molar-refractivity contribution in [3.63, 3.8) is 0 Å². The SMILES string of the molecule is COc1cccc2c1cc(C)n2C(C)=O. The number of aromatic nitrogens is 1. The lowest BCUT2D eigenvalue weighted by atomic mass is 10.2. The number of aryl methyl sites for hydroxylation is 1. The van der Waals surface area contributed by atoms with E-state index in [2.05, 4.69) is 0 Å². The Morgan fingerprint density at radius 3 is 2.73 bits per heavy atom. The lowest BCUT2D eigenvalue weighted by Crippen LogP contribution is -2.06. The van der Waals surface area contributed by atoms with E-state index in [4.69, 9.17) is 4.74 Å². The van der Waals surface area contributed by atoms with Crippen LogP contribution in [0.25, 0.3) is 10.9 Å². The third kappa shape index (κ3) is 1.40. The van der Waals surface area contributed by atoms with Crippen LogP contribution in [0.15, 0.2) is 24.3 Å². The number of nitrogens with zero attached hydrogens (tertiary/aromatic N) is 1. The summed E-state index contributed by atoms with van der Waals surface area (Å²) in [5.74, 6) is 0.825. The quantitative estimate of drug-likeness (QED) is 0.713. The zero-order chi connectivity index (χ0) is 11.0. The topological polar surface area (TPSA) is 31.2 Å². The minimum Gasteiger partial charge on any atom is -0.496 e. The number of hydrogen-bond donors (Lipinski definition) is 0. The van der Waals surface area contributed by atoms with Gasteiger partial charge in [-0.15, -0.1) is 0 Å². The van der Waals surface area contributed by atoms with Gasteiger partial charge in [-0.05, 0) is 25.1 Å². The van der Waals surface area contributed by atoms with Crippen molar-refractivity contribution in [1.82, 2.24) is 4.57 Å². The number of ether oxygens (including phenoxy) is 1. The van der Waals surface area contributed by atoms with E-state index in [1.54, 1.807) is 18.6 Å². The fourth-order valence-corrected chi connectivity index (χ4v) is 1.93. The van der Waals surface area contributed by atoms with Gasteiger partial charge in [0.2, 0.25) is 5.91 Å². The zero-order valence-corrected chi connectivity index (χ0v) is 9.07. The molecule has 0 aliphatic carbocycles. The summed E-state index contributed by atoms with van der Waals surface area (Å²) >= 11 is 0. The largest absolute Gasteiger partial charge is 0.496 e. The Morgan fingerprint density at radius 1 is 1.40 bits per heavy atom. The fraction of sp³-hybridized carbons (Fsp3) is 0.250. The van der Waals surface area contributed by atoms with Crippen LogP contribution in [-0.2, 0) is 0 Å². The summed E-state index contributed by atoms with van der Waals surface area (Å²) in [5, 5.41) is 0.979. The molecule has 0 unspecified atom stereocenters. The van der Waals surface area contributed by atoms with Crippen molar-refractivity contribution in [3.05, 3.63) is 30.0 Å². The van der Waals surface area contributed by atoms with Gasteiger partial charge in [-0.25, -0.2) is 0 Å². The lowest BCUT2D eigenvalue weighted by Gasteiger charge is -2.03. The van der Waals surface area contributed by atoms with E-state index in [-0.39, 0.29) is 5.91 Å². The molecule has 15 heavy (non-hydrogen) atoms. The molecular weight excluding hydrogens is 190 g/mol. The predicted octanol–water partition coefficient (Wildman–Crippen LogP) is 2.62. The molecule has 0 amide bonds. The van der Waals surface area contributed by atoms with Gasteiger partial charge in [0.05, 0.1) is 12.6 Å². The molecule has 0 saturated carbocycles. The van der Waals surface area contributed by atoms with Crippen LogP contribution in [-0.4, -0.2) is 17.6 Å². The van der Waals surface area contributed by atoms with Crippen LogP contribution < -0.4 is 4.74 Å². The summed E-state index contributed by atoms with van der Waals surface area (Å²) in [4.78, 5) is 11.5. The molecular formula is C12H13NO2. The lowest BCUT2D eigenvalue weighted by molar-refractivity contribution is 0.0940. The van der Waals surface area contributed by atoms with Gasteiger partial charge in [0.15, 0.2) is 0 Å². The molecule has 0 atom stereocenters. The van der Waals surface area contributed by atoms with Crippen LogP contribution in [0, 0.1) is 6.92 Å². The third-order valence-corrected chi connectivity index (χ3v) is 2.52. The first-order chi connectivity index (χ1) is 7.15. The van der Waals surface area contributed by atoms with Gasteiger partial charge in [0, 0.05) is 18.0 Å². The van der Waals surface area contributed by atoms with Crippen molar-refractivity contribution < 1.29 is 9.53 Å². The Hall–Kier alpha value is -1.77. The molecule has 0 fully saturated rings. The van der Waals surface area contributed by atoms with E-state index in [1.165, 1.54) is 0 Å². The Bertz CT molecular complexity index is 526. The van der Waals surface area contributed by atoms with Crippen molar-refractivity contribution >= 4 is 16.8 Å². The number of benzene rings is 1. The van der Waals surface area contributed by atoms with E-state index in [0.29, 0.717) is 0 Å². The molecule has 1 heterocycles. The maximum Gasteiger partial charge on any atom is 0.228 e. The van der Waals surface area contributed by atoms with Crippen LogP contribution in [0.1, 0.15) is 17.4 Å². The average molecular weight is 203 g/mol. The number of fused-ring (bicyclic) bond motifs is 1. The van der Waals surface area contributed by atoms with Gasteiger partial charge in [-0.2, -0.15) is 0 Å². The molecule has 3 heteroatoms. The van der Waals surface area contributed by atoms with Crippen molar-refractivity contribution in [1.29, 1.82) is 0 Å². The number of carbonyl (C=O) groups excluding carboxylic acids is 1. The van der Waals surface area contributed by atoms with Gasteiger partial charge in [-0.3, -0.25) is 9.36 Å².